The zero-order valence-electron chi connectivity index (χ0n) is 24.2. The summed E-state index contributed by atoms with van der Waals surface area (Å²) in [5.41, 5.74) is 6.95. The van der Waals surface area contributed by atoms with Crippen LogP contribution in [0, 0.1) is 17.0 Å². The average molecular weight is 564 g/mol. The molecule has 0 aliphatic carbocycles. The Bertz CT molecular complexity index is 1780. The Labute approximate surface area is 244 Å². The fraction of sp³-hybridized carbons (Fsp3) is 0.290. The van der Waals surface area contributed by atoms with Gasteiger partial charge < -0.3 is 19.7 Å². The third kappa shape index (κ3) is 5.14. The van der Waals surface area contributed by atoms with Crippen molar-refractivity contribution in [3.8, 4) is 22.6 Å². The van der Waals surface area contributed by atoms with Crippen LogP contribution in [0.15, 0.2) is 61.2 Å². The molecule has 4 heterocycles. The molecule has 1 aliphatic heterocycles. The standard InChI is InChI=1S/C31H33N9O2/c1-20-16-26(38(4)15-14-37(2)3)27(40(41)42)17-25(20)35-31-34-18-23(30-32-11-7-12-33-30)28(36-31)24-19-39-13-6-9-21-8-5-10-22(24)29(21)39/h5,7-8,10-12,16-19H,6,9,13-15H2,1-4H3,(H,34,35,36). The van der Waals surface area contributed by atoms with E-state index in [9.17, 15) is 10.1 Å². The van der Waals surface area contributed by atoms with Crippen LogP contribution >= 0.6 is 0 Å². The molecule has 5 aromatic rings. The van der Waals surface area contributed by atoms with E-state index in [1.807, 2.05) is 43.9 Å². The van der Waals surface area contributed by atoms with Gasteiger partial charge in [0.25, 0.3) is 5.69 Å². The van der Waals surface area contributed by atoms with Gasteiger partial charge in [0.1, 0.15) is 5.69 Å². The van der Waals surface area contributed by atoms with Crippen molar-refractivity contribution in [2.75, 3.05) is 44.4 Å². The molecule has 0 unspecified atom stereocenters. The fourth-order valence-electron chi connectivity index (χ4n) is 5.55. The van der Waals surface area contributed by atoms with Gasteiger partial charge in [0, 0.05) is 68.5 Å². The first-order chi connectivity index (χ1) is 20.3. The van der Waals surface area contributed by atoms with Crippen molar-refractivity contribution in [3.05, 3.63) is 82.4 Å². The van der Waals surface area contributed by atoms with E-state index in [0.29, 0.717) is 40.9 Å². The van der Waals surface area contributed by atoms with Crippen LogP contribution in [0.5, 0.6) is 0 Å². The first-order valence-corrected chi connectivity index (χ1v) is 14.0. The molecule has 42 heavy (non-hydrogen) atoms. The van der Waals surface area contributed by atoms with Gasteiger partial charge >= 0.3 is 0 Å². The van der Waals surface area contributed by atoms with E-state index in [4.69, 9.17) is 4.98 Å². The third-order valence-electron chi connectivity index (χ3n) is 7.74. The van der Waals surface area contributed by atoms with Gasteiger partial charge in [-0.3, -0.25) is 10.1 Å². The lowest BCUT2D eigenvalue weighted by atomic mass is 10.0. The molecule has 0 atom stereocenters. The van der Waals surface area contributed by atoms with Gasteiger partial charge in [-0.15, -0.1) is 0 Å². The van der Waals surface area contributed by atoms with Crippen molar-refractivity contribution in [2.45, 2.75) is 26.3 Å². The molecule has 11 nitrogen and oxygen atoms in total. The number of nitrogens with zero attached hydrogens (tertiary/aromatic N) is 8. The minimum absolute atomic E-state index is 0.0212. The molecule has 3 aromatic heterocycles. The van der Waals surface area contributed by atoms with Crippen LogP contribution in [-0.4, -0.2) is 68.6 Å². The molecular weight excluding hydrogens is 530 g/mol. The lowest BCUT2D eigenvalue weighted by Crippen LogP contribution is -2.29. The summed E-state index contributed by atoms with van der Waals surface area (Å²) in [7, 11) is 5.83. The molecule has 1 N–H and O–H groups in total. The van der Waals surface area contributed by atoms with Crippen molar-refractivity contribution in [2.24, 2.45) is 0 Å². The van der Waals surface area contributed by atoms with Gasteiger partial charge in [0.15, 0.2) is 5.82 Å². The van der Waals surface area contributed by atoms with Gasteiger partial charge in [0.2, 0.25) is 5.95 Å². The predicted octanol–water partition coefficient (Wildman–Crippen LogP) is 5.46. The molecule has 214 valence electrons. The monoisotopic (exact) mass is 563 g/mol. The summed E-state index contributed by atoms with van der Waals surface area (Å²) in [5.74, 6) is 0.866. The highest BCUT2D eigenvalue weighted by molar-refractivity contribution is 6.00. The first-order valence-electron chi connectivity index (χ1n) is 14.0. The van der Waals surface area contributed by atoms with E-state index in [2.05, 4.69) is 49.2 Å². The number of nitro benzene ring substituents is 1. The van der Waals surface area contributed by atoms with Crippen molar-refractivity contribution in [3.63, 3.8) is 0 Å². The topological polar surface area (TPSA) is 118 Å². The van der Waals surface area contributed by atoms with Gasteiger partial charge in [-0.1, -0.05) is 18.2 Å². The molecule has 0 fully saturated rings. The number of aryl methyl sites for hydroxylation is 3. The second-order valence-electron chi connectivity index (χ2n) is 10.9. The first kappa shape index (κ1) is 27.3. The molecule has 0 spiro atoms. The van der Waals surface area contributed by atoms with Gasteiger partial charge in [0.05, 0.1) is 27.4 Å². The predicted molar refractivity (Wildman–Crippen MR) is 165 cm³/mol. The number of anilines is 3. The summed E-state index contributed by atoms with van der Waals surface area (Å²) in [6.07, 6.45) is 9.41. The molecule has 0 saturated heterocycles. The summed E-state index contributed by atoms with van der Waals surface area (Å²) in [5, 5.41) is 16.5. The van der Waals surface area contributed by atoms with E-state index < -0.39 is 0 Å². The molecule has 11 heteroatoms. The molecule has 0 bridgehead atoms. The zero-order chi connectivity index (χ0) is 29.4. The molecule has 2 aromatic carbocycles. The molecule has 0 radical (unpaired) electrons. The van der Waals surface area contributed by atoms with E-state index in [1.165, 1.54) is 11.1 Å². The van der Waals surface area contributed by atoms with E-state index in [-0.39, 0.29) is 10.6 Å². The quantitative estimate of drug-likeness (QED) is 0.184. The van der Waals surface area contributed by atoms with Crippen LogP contribution in [0.2, 0.25) is 0 Å². The minimum Gasteiger partial charge on any atom is -0.368 e. The maximum absolute atomic E-state index is 12.1. The Balaban J connectivity index is 1.44. The summed E-state index contributed by atoms with van der Waals surface area (Å²) in [4.78, 5) is 34.3. The number of likely N-dealkylation sites (N-methyl/N-ethyl adjacent to an activating group) is 2. The zero-order valence-corrected chi connectivity index (χ0v) is 24.2. The molecule has 6 rings (SSSR count). The van der Waals surface area contributed by atoms with Crippen molar-refractivity contribution < 1.29 is 4.92 Å². The number of nitro groups is 1. The minimum atomic E-state index is -0.345. The molecular formula is C31H33N9O2. The lowest BCUT2D eigenvalue weighted by Gasteiger charge is -2.22. The molecule has 1 aliphatic rings. The Hall–Kier alpha value is -4.90. The van der Waals surface area contributed by atoms with Gasteiger partial charge in [-0.25, -0.2) is 19.9 Å². The van der Waals surface area contributed by atoms with Crippen LogP contribution in [0.25, 0.3) is 33.5 Å². The highest BCUT2D eigenvalue weighted by Crippen LogP contribution is 2.39. The van der Waals surface area contributed by atoms with Gasteiger partial charge in [-0.2, -0.15) is 0 Å². The maximum Gasteiger partial charge on any atom is 0.294 e. The SMILES string of the molecule is Cc1cc(N(C)CCN(C)C)c([N+](=O)[O-])cc1Nc1ncc(-c2ncccn2)c(-c2cn3c4c(cccc24)CCC3)n1. The number of hydrogen-bond acceptors (Lipinski definition) is 9. The second-order valence-corrected chi connectivity index (χ2v) is 10.9. The lowest BCUT2D eigenvalue weighted by molar-refractivity contribution is -0.384. The summed E-state index contributed by atoms with van der Waals surface area (Å²) in [6.45, 7) is 4.30. The van der Waals surface area contributed by atoms with Crippen LogP contribution in [-0.2, 0) is 13.0 Å². The number of benzene rings is 2. The second kappa shape index (κ2) is 11.2. The number of nitrogens with one attached hydrogen (secondary N) is 1. The number of para-hydroxylation sites is 1. The van der Waals surface area contributed by atoms with E-state index in [1.54, 1.807) is 30.7 Å². The van der Waals surface area contributed by atoms with Gasteiger partial charge in [-0.05, 0) is 57.1 Å². The van der Waals surface area contributed by atoms with Crippen LogP contribution in [0.1, 0.15) is 17.5 Å². The summed E-state index contributed by atoms with van der Waals surface area (Å²) in [6, 6.07) is 11.6. The average Bonchev–Trinajstić information content (AvgIpc) is 3.37. The van der Waals surface area contributed by atoms with Crippen LogP contribution in [0.4, 0.5) is 23.0 Å². The van der Waals surface area contributed by atoms with Crippen LogP contribution < -0.4 is 10.2 Å². The normalized spacial score (nSPS) is 12.6. The summed E-state index contributed by atoms with van der Waals surface area (Å²) >= 11 is 0. The maximum atomic E-state index is 12.1. The Morgan fingerprint density at radius 1 is 1.05 bits per heavy atom. The van der Waals surface area contributed by atoms with Crippen molar-refractivity contribution in [1.29, 1.82) is 0 Å². The molecule has 0 amide bonds. The van der Waals surface area contributed by atoms with Crippen molar-refractivity contribution in [1.82, 2.24) is 29.4 Å². The largest absolute Gasteiger partial charge is 0.368 e. The fourth-order valence-corrected chi connectivity index (χ4v) is 5.55. The van der Waals surface area contributed by atoms with Crippen LogP contribution in [0.3, 0.4) is 0 Å². The van der Waals surface area contributed by atoms with E-state index >= 15 is 0 Å². The molecule has 0 saturated carbocycles. The van der Waals surface area contributed by atoms with E-state index in [0.717, 1.165) is 42.4 Å². The Morgan fingerprint density at radius 2 is 1.86 bits per heavy atom. The van der Waals surface area contributed by atoms with Crippen molar-refractivity contribution >= 4 is 33.9 Å². The smallest absolute Gasteiger partial charge is 0.294 e. The Kier molecular flexibility index (Phi) is 7.26. The number of aromatic nitrogens is 5. The third-order valence-corrected chi connectivity index (χ3v) is 7.74. The highest BCUT2D eigenvalue weighted by Gasteiger charge is 2.23. The Morgan fingerprint density at radius 3 is 2.62 bits per heavy atom. The number of rotatable bonds is 9. The summed E-state index contributed by atoms with van der Waals surface area (Å²) < 4.78 is 2.30. The highest BCUT2D eigenvalue weighted by atomic mass is 16.6. The number of hydrogen-bond donors (Lipinski definition) is 1.